The molecule has 84 valence electrons. The number of methoxy groups -OCH3 is 1. The molecule has 0 aliphatic carbocycles. The van der Waals surface area contributed by atoms with E-state index in [4.69, 9.17) is 16.3 Å². The molecule has 1 nitrogen and oxygen atoms in total. The fraction of sp³-hybridized carbons (Fsp3) is 0.538. The van der Waals surface area contributed by atoms with Crippen LogP contribution in [0.5, 0.6) is 5.75 Å². The molecule has 0 aliphatic rings. The van der Waals surface area contributed by atoms with E-state index in [2.05, 4.69) is 13.0 Å². The van der Waals surface area contributed by atoms with Crippen LogP contribution in [0, 0.1) is 0 Å². The Balaban J connectivity index is 2.49. The molecular weight excluding hydrogens is 208 g/mol. The zero-order valence-electron chi connectivity index (χ0n) is 9.50. The second-order valence-electron chi connectivity index (χ2n) is 3.74. The maximum Gasteiger partial charge on any atom is 0.122 e. The molecule has 0 spiro atoms. The lowest BCUT2D eigenvalue weighted by Crippen LogP contribution is -2.01. The highest BCUT2D eigenvalue weighted by atomic mass is 35.5. The first-order chi connectivity index (χ1) is 7.27. The molecule has 0 aliphatic heterocycles. The van der Waals surface area contributed by atoms with Crippen molar-refractivity contribution in [2.45, 2.75) is 38.0 Å². The zero-order chi connectivity index (χ0) is 11.1. The molecule has 1 atom stereocenters. The van der Waals surface area contributed by atoms with Gasteiger partial charge in [-0.15, -0.1) is 11.6 Å². The largest absolute Gasteiger partial charge is 0.496 e. The normalized spacial score (nSPS) is 12.5. The van der Waals surface area contributed by atoms with Gasteiger partial charge < -0.3 is 4.74 Å². The number of benzene rings is 1. The fourth-order valence-corrected chi connectivity index (χ4v) is 2.01. The molecule has 0 aromatic heterocycles. The highest BCUT2D eigenvalue weighted by Crippen LogP contribution is 2.21. The van der Waals surface area contributed by atoms with Crippen LogP contribution in [-0.4, -0.2) is 12.5 Å². The summed E-state index contributed by atoms with van der Waals surface area (Å²) in [5, 5.41) is 0.292. The SMILES string of the molecule is CCCC(Cl)CCc1ccccc1OC. The van der Waals surface area contributed by atoms with Crippen LogP contribution in [0.4, 0.5) is 0 Å². The van der Waals surface area contributed by atoms with Crippen LogP contribution >= 0.6 is 11.6 Å². The Morgan fingerprint density at radius 1 is 1.27 bits per heavy atom. The summed E-state index contributed by atoms with van der Waals surface area (Å²) in [6, 6.07) is 8.14. The van der Waals surface area contributed by atoms with E-state index in [1.807, 2.05) is 18.2 Å². The molecule has 0 N–H and O–H groups in total. The summed E-state index contributed by atoms with van der Waals surface area (Å²) in [4.78, 5) is 0. The average Bonchev–Trinajstić information content (AvgIpc) is 2.27. The van der Waals surface area contributed by atoms with Crippen molar-refractivity contribution in [2.75, 3.05) is 7.11 Å². The third-order valence-electron chi connectivity index (χ3n) is 2.52. The first kappa shape index (κ1) is 12.4. The Morgan fingerprint density at radius 2 is 2.00 bits per heavy atom. The molecule has 15 heavy (non-hydrogen) atoms. The molecule has 1 aromatic rings. The number of alkyl halides is 1. The lowest BCUT2D eigenvalue weighted by atomic mass is 10.1. The van der Waals surface area contributed by atoms with Gasteiger partial charge in [0, 0.05) is 5.38 Å². The number of rotatable bonds is 6. The van der Waals surface area contributed by atoms with Gasteiger partial charge in [0.1, 0.15) is 5.75 Å². The van der Waals surface area contributed by atoms with Crippen LogP contribution in [0.1, 0.15) is 31.7 Å². The predicted octanol–water partition coefficient (Wildman–Crippen LogP) is 4.04. The summed E-state index contributed by atoms with van der Waals surface area (Å²) in [6.45, 7) is 2.17. The summed E-state index contributed by atoms with van der Waals surface area (Å²) in [6.07, 6.45) is 4.27. The topological polar surface area (TPSA) is 9.23 Å². The first-order valence-electron chi connectivity index (χ1n) is 5.54. The van der Waals surface area contributed by atoms with Gasteiger partial charge in [0.15, 0.2) is 0 Å². The molecule has 1 rings (SSSR count). The number of ether oxygens (including phenoxy) is 1. The summed E-state index contributed by atoms with van der Waals surface area (Å²) >= 11 is 6.19. The van der Waals surface area contributed by atoms with Crippen molar-refractivity contribution >= 4 is 11.6 Å². The second kappa shape index (κ2) is 6.73. The highest BCUT2D eigenvalue weighted by Gasteiger charge is 2.06. The minimum atomic E-state index is 0.292. The number of halogens is 1. The van der Waals surface area contributed by atoms with Gasteiger partial charge in [0.25, 0.3) is 0 Å². The molecular formula is C13H19ClO. The molecule has 1 unspecified atom stereocenters. The molecule has 0 fully saturated rings. The van der Waals surface area contributed by atoms with Crippen molar-refractivity contribution in [1.82, 2.24) is 0 Å². The monoisotopic (exact) mass is 226 g/mol. The van der Waals surface area contributed by atoms with Crippen LogP contribution in [0.25, 0.3) is 0 Å². The van der Waals surface area contributed by atoms with Crippen molar-refractivity contribution in [3.05, 3.63) is 29.8 Å². The van der Waals surface area contributed by atoms with E-state index in [1.54, 1.807) is 7.11 Å². The van der Waals surface area contributed by atoms with Gasteiger partial charge in [-0.05, 0) is 30.9 Å². The van der Waals surface area contributed by atoms with E-state index in [9.17, 15) is 0 Å². The number of para-hydroxylation sites is 1. The molecule has 0 radical (unpaired) electrons. The summed E-state index contributed by atoms with van der Waals surface area (Å²) in [5.41, 5.74) is 1.25. The highest BCUT2D eigenvalue weighted by molar-refractivity contribution is 6.20. The number of hydrogen-bond acceptors (Lipinski definition) is 1. The van der Waals surface area contributed by atoms with Crippen LogP contribution in [-0.2, 0) is 6.42 Å². The summed E-state index contributed by atoms with van der Waals surface area (Å²) in [7, 11) is 1.71. The van der Waals surface area contributed by atoms with Gasteiger partial charge in [-0.3, -0.25) is 0 Å². The summed E-state index contributed by atoms with van der Waals surface area (Å²) < 4.78 is 5.29. The lowest BCUT2D eigenvalue weighted by molar-refractivity contribution is 0.409. The molecule has 0 heterocycles. The van der Waals surface area contributed by atoms with E-state index in [0.717, 1.165) is 31.4 Å². The maximum absolute atomic E-state index is 6.19. The third kappa shape index (κ3) is 4.13. The second-order valence-corrected chi connectivity index (χ2v) is 4.35. The minimum Gasteiger partial charge on any atom is -0.496 e. The van der Waals surface area contributed by atoms with Crippen LogP contribution in [0.3, 0.4) is 0 Å². The van der Waals surface area contributed by atoms with E-state index in [1.165, 1.54) is 5.56 Å². The molecule has 0 amide bonds. The summed E-state index contributed by atoms with van der Waals surface area (Å²) in [5.74, 6) is 0.970. The van der Waals surface area contributed by atoms with E-state index < -0.39 is 0 Å². The quantitative estimate of drug-likeness (QED) is 0.666. The molecule has 0 bridgehead atoms. The Hall–Kier alpha value is -0.690. The predicted molar refractivity (Wildman–Crippen MR) is 65.9 cm³/mol. The number of hydrogen-bond donors (Lipinski definition) is 0. The molecule has 0 saturated carbocycles. The van der Waals surface area contributed by atoms with E-state index in [-0.39, 0.29) is 0 Å². The van der Waals surface area contributed by atoms with Gasteiger partial charge in [-0.1, -0.05) is 31.5 Å². The van der Waals surface area contributed by atoms with Crippen molar-refractivity contribution in [2.24, 2.45) is 0 Å². The molecule has 0 saturated heterocycles. The Bertz CT molecular complexity index is 286. The smallest absolute Gasteiger partial charge is 0.122 e. The third-order valence-corrected chi connectivity index (χ3v) is 2.96. The molecule has 2 heteroatoms. The van der Waals surface area contributed by atoms with Crippen molar-refractivity contribution in [3.8, 4) is 5.75 Å². The van der Waals surface area contributed by atoms with Gasteiger partial charge in [0.2, 0.25) is 0 Å². The fourth-order valence-electron chi connectivity index (χ4n) is 1.68. The standard InChI is InChI=1S/C13H19ClO/c1-3-6-12(14)10-9-11-7-4-5-8-13(11)15-2/h4-5,7-8,12H,3,6,9-10H2,1-2H3. The van der Waals surface area contributed by atoms with Gasteiger partial charge in [-0.25, -0.2) is 0 Å². The Morgan fingerprint density at radius 3 is 2.67 bits per heavy atom. The Kier molecular flexibility index (Phi) is 5.56. The van der Waals surface area contributed by atoms with Crippen molar-refractivity contribution < 1.29 is 4.74 Å². The van der Waals surface area contributed by atoms with Crippen LogP contribution in [0.2, 0.25) is 0 Å². The van der Waals surface area contributed by atoms with Crippen LogP contribution < -0.4 is 4.74 Å². The van der Waals surface area contributed by atoms with Gasteiger partial charge in [-0.2, -0.15) is 0 Å². The first-order valence-corrected chi connectivity index (χ1v) is 5.97. The maximum atomic E-state index is 6.19. The van der Waals surface area contributed by atoms with Gasteiger partial charge in [0.05, 0.1) is 7.11 Å². The van der Waals surface area contributed by atoms with E-state index in [0.29, 0.717) is 5.38 Å². The lowest BCUT2D eigenvalue weighted by Gasteiger charge is -2.10. The van der Waals surface area contributed by atoms with Gasteiger partial charge >= 0.3 is 0 Å². The zero-order valence-corrected chi connectivity index (χ0v) is 10.3. The average molecular weight is 227 g/mol. The number of aryl methyl sites for hydroxylation is 1. The molecule has 1 aromatic carbocycles. The van der Waals surface area contributed by atoms with Crippen LogP contribution in [0.15, 0.2) is 24.3 Å². The van der Waals surface area contributed by atoms with Crippen molar-refractivity contribution in [3.63, 3.8) is 0 Å². The minimum absolute atomic E-state index is 0.292. The van der Waals surface area contributed by atoms with E-state index >= 15 is 0 Å². The van der Waals surface area contributed by atoms with Crippen molar-refractivity contribution in [1.29, 1.82) is 0 Å². The Labute approximate surface area is 97.4 Å².